The molecule has 2 saturated heterocycles. The van der Waals surface area contributed by atoms with Crippen LogP contribution in [0.2, 0.25) is 0 Å². The molecule has 0 saturated carbocycles. The van der Waals surface area contributed by atoms with Gasteiger partial charge >= 0.3 is 0 Å². The quantitative estimate of drug-likeness (QED) is 0.726. The summed E-state index contributed by atoms with van der Waals surface area (Å²) in [6, 6.07) is 4.70. The average Bonchev–Trinajstić information content (AvgIpc) is 2.72. The number of ether oxygens (including phenoxy) is 2. The molecule has 2 fully saturated rings. The van der Waals surface area contributed by atoms with Crippen molar-refractivity contribution in [1.29, 1.82) is 0 Å². The predicted octanol–water partition coefficient (Wildman–Crippen LogP) is 2.61. The number of hydrogen-bond acceptors (Lipinski definition) is 5. The second kappa shape index (κ2) is 9.02. The summed E-state index contributed by atoms with van der Waals surface area (Å²) in [7, 11) is -0.616. The highest BCUT2D eigenvalue weighted by molar-refractivity contribution is 7.89. The highest BCUT2D eigenvalue weighted by atomic mass is 32.2. The largest absolute Gasteiger partial charge is 0.495 e. The van der Waals surface area contributed by atoms with Crippen LogP contribution in [0.25, 0.3) is 0 Å². The average molecular weight is 425 g/mol. The van der Waals surface area contributed by atoms with Gasteiger partial charge in [-0.3, -0.25) is 4.79 Å². The fourth-order valence-electron chi connectivity index (χ4n) is 4.43. The summed E-state index contributed by atoms with van der Waals surface area (Å²) in [6.07, 6.45) is 2.76. The molecule has 162 valence electrons. The van der Waals surface area contributed by atoms with Gasteiger partial charge in [-0.1, -0.05) is 13.8 Å². The molecule has 0 spiro atoms. The molecule has 3 rings (SSSR count). The van der Waals surface area contributed by atoms with Crippen molar-refractivity contribution >= 4 is 15.9 Å². The molecule has 0 bridgehead atoms. The van der Waals surface area contributed by atoms with E-state index in [0.717, 1.165) is 19.3 Å². The van der Waals surface area contributed by atoms with Gasteiger partial charge in [0.2, 0.25) is 10.0 Å². The van der Waals surface area contributed by atoms with Crippen molar-refractivity contribution in [2.45, 2.75) is 44.1 Å². The van der Waals surface area contributed by atoms with Crippen molar-refractivity contribution in [3.63, 3.8) is 0 Å². The third kappa shape index (κ3) is 4.75. The van der Waals surface area contributed by atoms with E-state index >= 15 is 0 Å². The fourth-order valence-corrected chi connectivity index (χ4v) is 6.29. The van der Waals surface area contributed by atoms with Crippen molar-refractivity contribution in [2.24, 2.45) is 11.8 Å². The molecular weight excluding hydrogens is 392 g/mol. The van der Waals surface area contributed by atoms with Gasteiger partial charge in [0.05, 0.1) is 13.2 Å². The van der Waals surface area contributed by atoms with Crippen LogP contribution in [0.1, 0.15) is 43.5 Å². The molecule has 2 atom stereocenters. The van der Waals surface area contributed by atoms with E-state index < -0.39 is 10.0 Å². The third-order valence-corrected chi connectivity index (χ3v) is 7.78. The van der Waals surface area contributed by atoms with Gasteiger partial charge in [0.1, 0.15) is 10.6 Å². The Bertz CT molecular complexity index is 823. The van der Waals surface area contributed by atoms with Gasteiger partial charge < -0.3 is 14.4 Å². The second-order valence-corrected chi connectivity index (χ2v) is 10.3. The van der Waals surface area contributed by atoms with E-state index in [2.05, 4.69) is 13.8 Å². The smallest absolute Gasteiger partial charge is 0.253 e. The highest BCUT2D eigenvalue weighted by Gasteiger charge is 2.34. The maximum atomic E-state index is 13.4. The lowest BCUT2D eigenvalue weighted by atomic mass is 9.94. The first-order valence-corrected chi connectivity index (χ1v) is 11.7. The molecule has 1 aromatic carbocycles. The number of rotatable bonds is 5. The monoisotopic (exact) mass is 424 g/mol. The maximum Gasteiger partial charge on any atom is 0.253 e. The van der Waals surface area contributed by atoms with E-state index in [1.807, 2.05) is 0 Å². The van der Waals surface area contributed by atoms with Crippen molar-refractivity contribution < 1.29 is 22.7 Å². The SMILES string of the molecule is COc1ccc(C(=O)N2CCC(OC)CC2)cc1S(=O)(=O)N1CC(C)CC(C)C1. The zero-order valence-corrected chi connectivity index (χ0v) is 18.6. The molecule has 0 radical (unpaired) electrons. The Balaban J connectivity index is 1.88. The Labute approximate surface area is 174 Å². The molecule has 0 aromatic heterocycles. The molecular formula is C21H32N2O5S. The number of piperidine rings is 2. The van der Waals surface area contributed by atoms with Crippen LogP contribution in [0.4, 0.5) is 0 Å². The van der Waals surface area contributed by atoms with Gasteiger partial charge in [-0.25, -0.2) is 8.42 Å². The normalized spacial score (nSPS) is 24.5. The molecule has 2 heterocycles. The summed E-state index contributed by atoms with van der Waals surface area (Å²) in [5.41, 5.74) is 0.373. The van der Waals surface area contributed by atoms with Gasteiger partial charge in [-0.15, -0.1) is 0 Å². The molecule has 1 aromatic rings. The Hall–Kier alpha value is -1.64. The first kappa shape index (κ1) is 22.1. The van der Waals surface area contributed by atoms with Gasteiger partial charge in [0, 0.05) is 38.9 Å². The Morgan fingerprint density at radius 1 is 1.07 bits per heavy atom. The number of carbonyl (C=O) groups excluding carboxylic acids is 1. The van der Waals surface area contributed by atoms with Crippen LogP contribution in [0.5, 0.6) is 5.75 Å². The van der Waals surface area contributed by atoms with E-state index in [9.17, 15) is 13.2 Å². The zero-order valence-electron chi connectivity index (χ0n) is 17.8. The molecule has 7 nitrogen and oxygen atoms in total. The predicted molar refractivity (Wildman–Crippen MR) is 111 cm³/mol. The minimum absolute atomic E-state index is 0.0685. The number of likely N-dealkylation sites (tertiary alicyclic amines) is 1. The first-order valence-electron chi connectivity index (χ1n) is 10.3. The van der Waals surface area contributed by atoms with Crippen molar-refractivity contribution in [2.75, 3.05) is 40.4 Å². The molecule has 2 aliphatic heterocycles. The Morgan fingerprint density at radius 3 is 2.24 bits per heavy atom. The van der Waals surface area contributed by atoms with Gasteiger partial charge in [-0.2, -0.15) is 4.31 Å². The van der Waals surface area contributed by atoms with Crippen LogP contribution in [0.3, 0.4) is 0 Å². The van der Waals surface area contributed by atoms with Crippen molar-refractivity contribution in [3.05, 3.63) is 23.8 Å². The molecule has 8 heteroatoms. The lowest BCUT2D eigenvalue weighted by molar-refractivity contribution is 0.0350. The summed E-state index contributed by atoms with van der Waals surface area (Å²) in [5, 5.41) is 0. The number of benzene rings is 1. The number of methoxy groups -OCH3 is 2. The van der Waals surface area contributed by atoms with E-state index in [0.29, 0.717) is 43.6 Å². The molecule has 1 amide bonds. The van der Waals surface area contributed by atoms with E-state index in [1.165, 1.54) is 17.5 Å². The minimum Gasteiger partial charge on any atom is -0.495 e. The fraction of sp³-hybridized carbons (Fsp3) is 0.667. The molecule has 2 aliphatic rings. The summed E-state index contributed by atoms with van der Waals surface area (Å²) >= 11 is 0. The summed E-state index contributed by atoms with van der Waals surface area (Å²) in [6.45, 7) is 6.31. The van der Waals surface area contributed by atoms with Gasteiger partial charge in [0.15, 0.2) is 0 Å². The standard InChI is InChI=1S/C21H32N2O5S/c1-15-11-16(2)14-23(13-15)29(25,26)20-12-17(5-6-19(20)28-4)21(24)22-9-7-18(27-3)8-10-22/h5-6,12,15-16,18H,7-11,13-14H2,1-4H3. The van der Waals surface area contributed by atoms with Crippen LogP contribution >= 0.6 is 0 Å². The van der Waals surface area contributed by atoms with Crippen LogP contribution in [-0.2, 0) is 14.8 Å². The minimum atomic E-state index is -3.75. The van der Waals surface area contributed by atoms with Gasteiger partial charge in [-0.05, 0) is 49.3 Å². The topological polar surface area (TPSA) is 76.1 Å². The second-order valence-electron chi connectivity index (χ2n) is 8.36. The third-order valence-electron chi connectivity index (χ3n) is 5.93. The van der Waals surface area contributed by atoms with Crippen LogP contribution in [0.15, 0.2) is 23.1 Å². The van der Waals surface area contributed by atoms with E-state index in [-0.39, 0.29) is 22.7 Å². The number of sulfonamides is 1. The van der Waals surface area contributed by atoms with Crippen LogP contribution < -0.4 is 4.74 Å². The van der Waals surface area contributed by atoms with E-state index in [4.69, 9.17) is 9.47 Å². The lowest BCUT2D eigenvalue weighted by Crippen LogP contribution is -2.43. The summed E-state index contributed by atoms with van der Waals surface area (Å²) in [4.78, 5) is 14.8. The number of amides is 1. The molecule has 29 heavy (non-hydrogen) atoms. The number of carbonyl (C=O) groups is 1. The summed E-state index contributed by atoms with van der Waals surface area (Å²) < 4.78 is 39.0. The molecule has 0 aliphatic carbocycles. The molecule has 2 unspecified atom stereocenters. The Kier molecular flexibility index (Phi) is 6.86. The maximum absolute atomic E-state index is 13.4. The van der Waals surface area contributed by atoms with Crippen LogP contribution in [0, 0.1) is 11.8 Å². The first-order chi connectivity index (χ1) is 13.8. The number of hydrogen-bond donors (Lipinski definition) is 0. The molecule has 0 N–H and O–H groups in total. The highest BCUT2D eigenvalue weighted by Crippen LogP contribution is 2.32. The van der Waals surface area contributed by atoms with Crippen molar-refractivity contribution in [3.8, 4) is 5.75 Å². The lowest BCUT2D eigenvalue weighted by Gasteiger charge is -2.34. The Morgan fingerprint density at radius 2 is 1.69 bits per heavy atom. The number of nitrogens with zero attached hydrogens (tertiary/aromatic N) is 2. The summed E-state index contributed by atoms with van der Waals surface area (Å²) in [5.74, 6) is 0.711. The van der Waals surface area contributed by atoms with Crippen molar-refractivity contribution in [1.82, 2.24) is 9.21 Å². The van der Waals surface area contributed by atoms with Gasteiger partial charge in [0.25, 0.3) is 5.91 Å². The van der Waals surface area contributed by atoms with E-state index in [1.54, 1.807) is 24.1 Å². The van der Waals surface area contributed by atoms with Crippen LogP contribution in [-0.4, -0.2) is 70.0 Å². The zero-order chi connectivity index (χ0) is 21.2.